The fourth-order valence-electron chi connectivity index (χ4n) is 2.28. The predicted molar refractivity (Wildman–Crippen MR) is 91.0 cm³/mol. The Morgan fingerprint density at radius 1 is 1.12 bits per heavy atom. The smallest absolute Gasteiger partial charge is 0.370 e. The van der Waals surface area contributed by atoms with Gasteiger partial charge in [-0.3, -0.25) is 4.99 Å². The molecule has 0 saturated carbocycles. The van der Waals surface area contributed by atoms with Crippen molar-refractivity contribution >= 4 is 11.6 Å². The van der Waals surface area contributed by atoms with Gasteiger partial charge in [0.2, 0.25) is 0 Å². The highest BCUT2D eigenvalue weighted by atomic mass is 19.4. The molecule has 6 heteroatoms. The Balaban J connectivity index is 1.91. The Labute approximate surface area is 139 Å². The number of rotatable bonds is 5. The largest absolute Gasteiger partial charge is 0.416 e. The van der Waals surface area contributed by atoms with Crippen LogP contribution >= 0.6 is 0 Å². The number of anilines is 1. The lowest BCUT2D eigenvalue weighted by Crippen LogP contribution is -2.22. The summed E-state index contributed by atoms with van der Waals surface area (Å²) in [6, 6.07) is 14.8. The molecular weight excluding hydrogens is 315 g/mol. The molecule has 3 N–H and O–H groups in total. The topological polar surface area (TPSA) is 50.4 Å². The molecule has 0 radical (unpaired) electrons. The fourth-order valence-corrected chi connectivity index (χ4v) is 2.28. The van der Waals surface area contributed by atoms with Gasteiger partial charge in [-0.25, -0.2) is 0 Å². The van der Waals surface area contributed by atoms with Crippen LogP contribution in [0.25, 0.3) is 0 Å². The van der Waals surface area contributed by atoms with E-state index in [9.17, 15) is 13.2 Å². The Morgan fingerprint density at radius 3 is 2.50 bits per heavy atom. The number of halogens is 3. The maximum absolute atomic E-state index is 12.7. The molecule has 0 spiro atoms. The molecule has 0 fully saturated rings. The van der Waals surface area contributed by atoms with Gasteiger partial charge in [-0.2, -0.15) is 13.2 Å². The summed E-state index contributed by atoms with van der Waals surface area (Å²) in [5, 5.41) is 2.96. The van der Waals surface area contributed by atoms with E-state index in [2.05, 4.69) is 10.3 Å². The molecule has 0 heterocycles. The van der Waals surface area contributed by atoms with Gasteiger partial charge in [0.25, 0.3) is 0 Å². The molecule has 0 amide bonds. The van der Waals surface area contributed by atoms with Crippen LogP contribution in [0.3, 0.4) is 0 Å². The van der Waals surface area contributed by atoms with Crippen molar-refractivity contribution in [3.8, 4) is 0 Å². The van der Waals surface area contributed by atoms with Gasteiger partial charge < -0.3 is 11.1 Å². The average molecular weight is 335 g/mol. The number of benzene rings is 2. The highest BCUT2D eigenvalue weighted by Gasteiger charge is 2.30. The highest BCUT2D eigenvalue weighted by molar-refractivity contribution is 5.92. The molecule has 2 rings (SSSR count). The van der Waals surface area contributed by atoms with Crippen molar-refractivity contribution in [2.45, 2.75) is 25.4 Å². The van der Waals surface area contributed by atoms with E-state index < -0.39 is 11.7 Å². The molecule has 3 nitrogen and oxygen atoms in total. The third kappa shape index (κ3) is 5.30. The van der Waals surface area contributed by atoms with Crippen molar-refractivity contribution in [1.82, 2.24) is 0 Å². The molecule has 0 saturated heterocycles. The number of hydrogen-bond acceptors (Lipinski definition) is 1. The Morgan fingerprint density at radius 2 is 1.83 bits per heavy atom. The monoisotopic (exact) mass is 335 g/mol. The number of nitrogens with zero attached hydrogens (tertiary/aromatic N) is 1. The lowest BCUT2D eigenvalue weighted by Gasteiger charge is -2.14. The maximum atomic E-state index is 12.7. The molecular formula is C18H20F3N3. The van der Waals surface area contributed by atoms with Crippen LogP contribution in [0.4, 0.5) is 18.9 Å². The second kappa shape index (κ2) is 7.86. The van der Waals surface area contributed by atoms with Crippen molar-refractivity contribution < 1.29 is 13.2 Å². The third-order valence-corrected chi connectivity index (χ3v) is 3.67. The van der Waals surface area contributed by atoms with Crippen molar-refractivity contribution in [2.75, 3.05) is 11.9 Å². The van der Waals surface area contributed by atoms with Gasteiger partial charge in [-0.1, -0.05) is 43.3 Å². The number of nitrogens with one attached hydrogen (secondary N) is 1. The first-order chi connectivity index (χ1) is 11.4. The Hall–Kier alpha value is -2.50. The Kier molecular flexibility index (Phi) is 5.84. The van der Waals surface area contributed by atoms with E-state index in [1.165, 1.54) is 12.1 Å². The molecule has 0 aliphatic heterocycles. The maximum Gasteiger partial charge on any atom is 0.416 e. The number of hydrogen-bond donors (Lipinski definition) is 2. The van der Waals surface area contributed by atoms with Crippen LogP contribution in [0.5, 0.6) is 0 Å². The van der Waals surface area contributed by atoms with E-state index in [0.717, 1.165) is 11.8 Å². The fraction of sp³-hybridized carbons (Fsp3) is 0.278. The lowest BCUT2D eigenvalue weighted by molar-refractivity contribution is -0.137. The minimum absolute atomic E-state index is 0.0411. The summed E-state index contributed by atoms with van der Waals surface area (Å²) in [7, 11) is 0. The zero-order valence-corrected chi connectivity index (χ0v) is 13.3. The van der Waals surface area contributed by atoms with Gasteiger partial charge >= 0.3 is 6.18 Å². The van der Waals surface area contributed by atoms with Gasteiger partial charge in [0.05, 0.1) is 5.56 Å². The molecule has 128 valence electrons. The minimum Gasteiger partial charge on any atom is -0.370 e. The van der Waals surface area contributed by atoms with Crippen LogP contribution in [0.1, 0.15) is 30.4 Å². The van der Waals surface area contributed by atoms with Gasteiger partial charge in [-0.15, -0.1) is 0 Å². The number of aliphatic imine (C=N–C) groups is 1. The van der Waals surface area contributed by atoms with Crippen LogP contribution in [0, 0.1) is 0 Å². The number of para-hydroxylation sites is 1. The van der Waals surface area contributed by atoms with Crippen LogP contribution in [0.2, 0.25) is 0 Å². The summed E-state index contributed by atoms with van der Waals surface area (Å²) in [4.78, 5) is 4.22. The molecule has 24 heavy (non-hydrogen) atoms. The molecule has 0 bridgehead atoms. The molecule has 2 aromatic carbocycles. The minimum atomic E-state index is -4.32. The zero-order valence-electron chi connectivity index (χ0n) is 13.3. The first-order valence-electron chi connectivity index (χ1n) is 7.65. The molecule has 0 aliphatic rings. The summed E-state index contributed by atoms with van der Waals surface area (Å²) >= 11 is 0. The first kappa shape index (κ1) is 17.8. The zero-order chi connectivity index (χ0) is 17.6. The second-order valence-electron chi connectivity index (χ2n) is 5.57. The highest BCUT2D eigenvalue weighted by Crippen LogP contribution is 2.31. The first-order valence-corrected chi connectivity index (χ1v) is 7.65. The summed E-state index contributed by atoms with van der Waals surface area (Å²) in [6.45, 7) is 2.31. The van der Waals surface area contributed by atoms with E-state index in [0.29, 0.717) is 18.5 Å². The van der Waals surface area contributed by atoms with Crippen molar-refractivity contribution in [1.29, 1.82) is 0 Å². The van der Waals surface area contributed by atoms with Crippen LogP contribution < -0.4 is 11.1 Å². The summed E-state index contributed by atoms with van der Waals surface area (Å²) in [6.07, 6.45) is -3.71. The lowest BCUT2D eigenvalue weighted by atomic mass is 9.96. The SMILES string of the molecule is CC(CCN=C(N)Nc1ccccc1)c1cccc(C(F)(F)F)c1. The van der Waals surface area contributed by atoms with E-state index in [-0.39, 0.29) is 11.9 Å². The van der Waals surface area contributed by atoms with Gasteiger partial charge in [0, 0.05) is 12.2 Å². The average Bonchev–Trinajstić information content (AvgIpc) is 2.55. The summed E-state index contributed by atoms with van der Waals surface area (Å²) in [5.74, 6) is 0.248. The van der Waals surface area contributed by atoms with E-state index in [1.807, 2.05) is 37.3 Å². The van der Waals surface area contributed by atoms with E-state index in [1.54, 1.807) is 6.07 Å². The molecule has 1 unspecified atom stereocenters. The number of guanidine groups is 1. The normalized spacial score (nSPS) is 13.6. The summed E-state index contributed by atoms with van der Waals surface area (Å²) in [5.41, 5.74) is 6.66. The third-order valence-electron chi connectivity index (χ3n) is 3.67. The van der Waals surface area contributed by atoms with Gasteiger partial charge in [-0.05, 0) is 36.1 Å². The molecule has 2 aromatic rings. The number of nitrogens with two attached hydrogens (primary N) is 1. The van der Waals surface area contributed by atoms with Crippen molar-refractivity contribution in [3.63, 3.8) is 0 Å². The van der Waals surface area contributed by atoms with Crippen molar-refractivity contribution in [2.24, 2.45) is 10.7 Å². The van der Waals surface area contributed by atoms with Crippen LogP contribution in [-0.4, -0.2) is 12.5 Å². The van der Waals surface area contributed by atoms with Gasteiger partial charge in [0.1, 0.15) is 0 Å². The van der Waals surface area contributed by atoms with Crippen molar-refractivity contribution in [3.05, 3.63) is 65.7 Å². The van der Waals surface area contributed by atoms with E-state index in [4.69, 9.17) is 5.73 Å². The molecule has 1 atom stereocenters. The van der Waals surface area contributed by atoms with Gasteiger partial charge in [0.15, 0.2) is 5.96 Å². The van der Waals surface area contributed by atoms with Crippen LogP contribution in [-0.2, 0) is 6.18 Å². The quantitative estimate of drug-likeness (QED) is 0.618. The van der Waals surface area contributed by atoms with Crippen LogP contribution in [0.15, 0.2) is 59.6 Å². The molecule has 0 aromatic heterocycles. The Bertz CT molecular complexity index is 681. The molecule has 0 aliphatic carbocycles. The second-order valence-corrected chi connectivity index (χ2v) is 5.57. The van der Waals surface area contributed by atoms with E-state index >= 15 is 0 Å². The number of alkyl halides is 3. The summed E-state index contributed by atoms with van der Waals surface area (Å²) < 4.78 is 38.2. The predicted octanol–water partition coefficient (Wildman–Crippen LogP) is 4.63. The standard InChI is InChI=1S/C18H20F3N3/c1-13(14-6-5-7-15(12-14)18(19,20)21)10-11-23-17(22)24-16-8-3-2-4-9-16/h2-9,12-13H,10-11H2,1H3,(H3,22,23,24).